The topological polar surface area (TPSA) is 101 Å². The summed E-state index contributed by atoms with van der Waals surface area (Å²) in [5.41, 5.74) is 0.972. The van der Waals surface area contributed by atoms with Gasteiger partial charge in [-0.2, -0.15) is 0 Å². The number of sulfonamides is 1. The summed E-state index contributed by atoms with van der Waals surface area (Å²) in [4.78, 5) is 4.13. The molecule has 0 saturated heterocycles. The van der Waals surface area contributed by atoms with Gasteiger partial charge in [0.05, 0.1) is 20.5 Å². The first-order valence-electron chi connectivity index (χ1n) is 7.49. The van der Waals surface area contributed by atoms with Crippen LogP contribution in [0.3, 0.4) is 0 Å². The molecule has 0 aromatic heterocycles. The summed E-state index contributed by atoms with van der Waals surface area (Å²) >= 11 is 0. The molecule has 0 unspecified atom stereocenters. The Morgan fingerprint density at radius 3 is 2.50 bits per heavy atom. The molecule has 0 heterocycles. The number of hydrogen-bond acceptors (Lipinski definition) is 5. The molecule has 1 aromatic rings. The van der Waals surface area contributed by atoms with E-state index in [9.17, 15) is 8.42 Å². The number of nitrogens with one attached hydrogen (secondary N) is 3. The third-order valence-electron chi connectivity index (χ3n) is 3.17. The van der Waals surface area contributed by atoms with E-state index < -0.39 is 10.0 Å². The van der Waals surface area contributed by atoms with Crippen LogP contribution in [0.1, 0.15) is 12.0 Å². The Labute approximate surface area is 143 Å². The van der Waals surface area contributed by atoms with Crippen LogP contribution in [0.2, 0.25) is 0 Å². The van der Waals surface area contributed by atoms with Gasteiger partial charge in [-0.1, -0.05) is 0 Å². The minimum Gasteiger partial charge on any atom is -0.497 e. The van der Waals surface area contributed by atoms with Gasteiger partial charge in [0, 0.05) is 38.3 Å². The van der Waals surface area contributed by atoms with Crippen molar-refractivity contribution in [3.05, 3.63) is 23.8 Å². The van der Waals surface area contributed by atoms with Crippen molar-refractivity contribution >= 4 is 16.0 Å². The lowest BCUT2D eigenvalue weighted by Crippen LogP contribution is -2.38. The average molecular weight is 358 g/mol. The molecule has 3 N–H and O–H groups in total. The second kappa shape index (κ2) is 9.99. The van der Waals surface area contributed by atoms with Gasteiger partial charge in [0.2, 0.25) is 10.0 Å². The first kappa shape index (κ1) is 20.0. The minimum atomic E-state index is -3.14. The fourth-order valence-corrected chi connectivity index (χ4v) is 2.47. The zero-order valence-corrected chi connectivity index (χ0v) is 15.4. The second-order valence-corrected chi connectivity index (χ2v) is 6.88. The fourth-order valence-electron chi connectivity index (χ4n) is 1.95. The predicted octanol–water partition coefficient (Wildman–Crippen LogP) is 0.308. The van der Waals surface area contributed by atoms with Crippen molar-refractivity contribution in [1.29, 1.82) is 0 Å². The van der Waals surface area contributed by atoms with Gasteiger partial charge in [-0.3, -0.25) is 4.99 Å². The monoisotopic (exact) mass is 358 g/mol. The molecule has 9 heteroatoms. The van der Waals surface area contributed by atoms with Crippen LogP contribution in [0.25, 0.3) is 0 Å². The number of aliphatic imine (C=N–C) groups is 1. The van der Waals surface area contributed by atoms with Crippen LogP contribution in [0.4, 0.5) is 0 Å². The Balaban J connectivity index is 2.44. The van der Waals surface area contributed by atoms with E-state index in [1.54, 1.807) is 21.3 Å². The van der Waals surface area contributed by atoms with Gasteiger partial charge >= 0.3 is 0 Å². The van der Waals surface area contributed by atoms with Gasteiger partial charge in [-0.25, -0.2) is 13.1 Å². The molecular formula is C15H26N4O4S. The largest absolute Gasteiger partial charge is 0.497 e. The van der Waals surface area contributed by atoms with Gasteiger partial charge in [0.1, 0.15) is 11.5 Å². The lowest BCUT2D eigenvalue weighted by molar-refractivity contribution is 0.390. The highest BCUT2D eigenvalue weighted by atomic mass is 32.2. The first-order chi connectivity index (χ1) is 11.4. The van der Waals surface area contributed by atoms with Crippen molar-refractivity contribution < 1.29 is 17.9 Å². The quantitative estimate of drug-likeness (QED) is 0.334. The molecule has 0 aliphatic heterocycles. The Morgan fingerprint density at radius 1 is 1.17 bits per heavy atom. The Bertz CT molecular complexity index is 647. The van der Waals surface area contributed by atoms with E-state index in [1.807, 2.05) is 18.2 Å². The summed E-state index contributed by atoms with van der Waals surface area (Å²) in [7, 11) is 1.76. The Kier molecular flexibility index (Phi) is 8.34. The van der Waals surface area contributed by atoms with Crippen LogP contribution in [0, 0.1) is 0 Å². The third-order valence-corrected chi connectivity index (χ3v) is 3.90. The van der Waals surface area contributed by atoms with Gasteiger partial charge < -0.3 is 20.1 Å². The van der Waals surface area contributed by atoms with Gasteiger partial charge in [0.25, 0.3) is 0 Å². The zero-order chi connectivity index (χ0) is 18.0. The van der Waals surface area contributed by atoms with Crippen LogP contribution in [-0.4, -0.2) is 55.0 Å². The SMILES string of the molecule is CN=C(NCCCNS(C)(=O)=O)NCc1ccc(OC)cc1OC. The van der Waals surface area contributed by atoms with Crippen molar-refractivity contribution in [2.24, 2.45) is 4.99 Å². The minimum absolute atomic E-state index is 0.384. The number of guanidine groups is 1. The normalized spacial score (nSPS) is 11.9. The Morgan fingerprint density at radius 2 is 1.92 bits per heavy atom. The van der Waals surface area contributed by atoms with Crippen molar-refractivity contribution in [2.75, 3.05) is 40.6 Å². The van der Waals surface area contributed by atoms with E-state index in [0.717, 1.165) is 23.3 Å². The van der Waals surface area contributed by atoms with E-state index in [4.69, 9.17) is 9.47 Å². The molecule has 0 aliphatic rings. The van der Waals surface area contributed by atoms with Crippen LogP contribution in [0.15, 0.2) is 23.2 Å². The van der Waals surface area contributed by atoms with Gasteiger partial charge in [0.15, 0.2) is 5.96 Å². The molecular weight excluding hydrogens is 332 g/mol. The van der Waals surface area contributed by atoms with E-state index >= 15 is 0 Å². The molecule has 0 amide bonds. The molecule has 0 atom stereocenters. The number of hydrogen-bond donors (Lipinski definition) is 3. The molecule has 0 aliphatic carbocycles. The molecule has 0 fully saturated rings. The lowest BCUT2D eigenvalue weighted by atomic mass is 10.2. The number of benzene rings is 1. The number of nitrogens with zero attached hydrogens (tertiary/aromatic N) is 1. The molecule has 8 nitrogen and oxygen atoms in total. The zero-order valence-electron chi connectivity index (χ0n) is 14.5. The maximum atomic E-state index is 11.0. The molecule has 0 spiro atoms. The molecule has 1 rings (SSSR count). The third kappa shape index (κ3) is 7.51. The van der Waals surface area contributed by atoms with Crippen molar-refractivity contribution in [3.8, 4) is 11.5 Å². The second-order valence-electron chi connectivity index (χ2n) is 5.05. The van der Waals surface area contributed by atoms with E-state index in [-0.39, 0.29) is 0 Å². The highest BCUT2D eigenvalue weighted by Gasteiger charge is 2.06. The van der Waals surface area contributed by atoms with E-state index in [0.29, 0.717) is 32.0 Å². The maximum Gasteiger partial charge on any atom is 0.208 e. The van der Waals surface area contributed by atoms with E-state index in [2.05, 4.69) is 20.3 Å². The smallest absolute Gasteiger partial charge is 0.208 e. The first-order valence-corrected chi connectivity index (χ1v) is 9.38. The highest BCUT2D eigenvalue weighted by Crippen LogP contribution is 2.24. The van der Waals surface area contributed by atoms with Crippen LogP contribution >= 0.6 is 0 Å². The van der Waals surface area contributed by atoms with Crippen molar-refractivity contribution in [3.63, 3.8) is 0 Å². The van der Waals surface area contributed by atoms with Gasteiger partial charge in [-0.05, 0) is 18.6 Å². The van der Waals surface area contributed by atoms with E-state index in [1.165, 1.54) is 0 Å². The van der Waals surface area contributed by atoms with Crippen LogP contribution in [0.5, 0.6) is 11.5 Å². The van der Waals surface area contributed by atoms with Crippen molar-refractivity contribution in [1.82, 2.24) is 15.4 Å². The molecule has 24 heavy (non-hydrogen) atoms. The summed E-state index contributed by atoms with van der Waals surface area (Å²) < 4.78 is 34.9. The molecule has 136 valence electrons. The molecule has 1 aromatic carbocycles. The standard InChI is InChI=1S/C15H26N4O4S/c1-16-15(17-8-5-9-19-24(4,20)21)18-11-12-6-7-13(22-2)10-14(12)23-3/h6-7,10,19H,5,8-9,11H2,1-4H3,(H2,16,17,18). The van der Waals surface area contributed by atoms with Crippen LogP contribution < -0.4 is 24.8 Å². The number of methoxy groups -OCH3 is 2. The summed E-state index contributed by atoms with van der Waals surface area (Å²) in [5, 5.41) is 6.31. The van der Waals surface area contributed by atoms with Crippen molar-refractivity contribution in [2.45, 2.75) is 13.0 Å². The average Bonchev–Trinajstić information content (AvgIpc) is 2.56. The molecule has 0 radical (unpaired) electrons. The summed E-state index contributed by atoms with van der Waals surface area (Å²) in [5.74, 6) is 2.10. The molecule has 0 saturated carbocycles. The summed E-state index contributed by atoms with van der Waals surface area (Å²) in [6.45, 7) is 1.52. The van der Waals surface area contributed by atoms with Gasteiger partial charge in [-0.15, -0.1) is 0 Å². The lowest BCUT2D eigenvalue weighted by Gasteiger charge is -2.14. The summed E-state index contributed by atoms with van der Waals surface area (Å²) in [6.07, 6.45) is 1.79. The van der Waals surface area contributed by atoms with Crippen LogP contribution in [-0.2, 0) is 16.6 Å². The Hall–Kier alpha value is -2.00. The predicted molar refractivity (Wildman–Crippen MR) is 95.2 cm³/mol. The maximum absolute atomic E-state index is 11.0. The number of rotatable bonds is 9. The summed E-state index contributed by atoms with van der Waals surface area (Å²) in [6, 6.07) is 5.62. The highest BCUT2D eigenvalue weighted by molar-refractivity contribution is 7.88. The molecule has 0 bridgehead atoms. The fraction of sp³-hybridized carbons (Fsp3) is 0.533. The number of ether oxygens (including phenoxy) is 2.